The Bertz CT molecular complexity index is 395. The fourth-order valence-corrected chi connectivity index (χ4v) is 1.47. The number of rotatable bonds is 5. The van der Waals surface area contributed by atoms with Gasteiger partial charge in [-0.05, 0) is 31.0 Å². The van der Waals surface area contributed by atoms with E-state index in [1.807, 2.05) is 13.0 Å². The summed E-state index contributed by atoms with van der Waals surface area (Å²) in [7, 11) is 0. The minimum atomic E-state index is -0.541. The van der Waals surface area contributed by atoms with Crippen LogP contribution in [0.3, 0.4) is 0 Å². The first-order valence-electron chi connectivity index (χ1n) is 5.53. The highest BCUT2D eigenvalue weighted by Crippen LogP contribution is 2.15. The van der Waals surface area contributed by atoms with Crippen LogP contribution in [0.1, 0.15) is 24.1 Å². The number of carbonyl (C=O) groups excluding carboxylic acids is 1. The van der Waals surface area contributed by atoms with Crippen LogP contribution in [0, 0.1) is 12.7 Å². The summed E-state index contributed by atoms with van der Waals surface area (Å²) in [6.07, 6.45) is 0. The molecule has 1 aromatic rings. The predicted octanol–water partition coefficient (Wildman–Crippen LogP) is 1.45. The lowest BCUT2D eigenvalue weighted by Crippen LogP contribution is -2.36. The smallest absolute Gasteiger partial charge is 0.312 e. The zero-order valence-corrected chi connectivity index (χ0v) is 10.1. The molecule has 1 aromatic carbocycles. The zero-order valence-electron chi connectivity index (χ0n) is 10.1. The van der Waals surface area contributed by atoms with Gasteiger partial charge in [-0.2, -0.15) is 0 Å². The van der Waals surface area contributed by atoms with Gasteiger partial charge in [0.25, 0.3) is 0 Å². The van der Waals surface area contributed by atoms with E-state index in [9.17, 15) is 9.18 Å². The Morgan fingerprint density at radius 1 is 1.47 bits per heavy atom. The molecule has 0 spiro atoms. The first-order valence-corrected chi connectivity index (χ1v) is 5.53. The Morgan fingerprint density at radius 3 is 2.76 bits per heavy atom. The Kier molecular flexibility index (Phi) is 4.90. The number of nitrogens with one attached hydrogen (secondary N) is 2. The maximum absolute atomic E-state index is 13.3. The van der Waals surface area contributed by atoms with Gasteiger partial charge in [0.1, 0.15) is 5.82 Å². The SMILES string of the molecule is Cc1ccc(C(C)NCCNC(N)=O)cc1F. The highest BCUT2D eigenvalue weighted by molar-refractivity contribution is 5.71. The van der Waals surface area contributed by atoms with Crippen LogP contribution in [0.2, 0.25) is 0 Å². The fraction of sp³-hybridized carbons (Fsp3) is 0.417. The number of urea groups is 1. The lowest BCUT2D eigenvalue weighted by atomic mass is 10.1. The van der Waals surface area contributed by atoms with E-state index in [-0.39, 0.29) is 11.9 Å². The number of primary amides is 1. The molecular weight excluding hydrogens is 221 g/mol. The maximum atomic E-state index is 13.3. The van der Waals surface area contributed by atoms with E-state index in [0.29, 0.717) is 18.7 Å². The summed E-state index contributed by atoms with van der Waals surface area (Å²) in [6, 6.07) is 4.65. The number of hydrogen-bond donors (Lipinski definition) is 3. The van der Waals surface area contributed by atoms with Gasteiger partial charge in [-0.25, -0.2) is 9.18 Å². The van der Waals surface area contributed by atoms with Gasteiger partial charge in [0.05, 0.1) is 0 Å². The van der Waals surface area contributed by atoms with Crippen LogP contribution in [-0.2, 0) is 0 Å². The molecule has 0 aliphatic rings. The highest BCUT2D eigenvalue weighted by atomic mass is 19.1. The number of hydrogen-bond acceptors (Lipinski definition) is 2. The minimum absolute atomic E-state index is 0.0276. The number of aryl methyl sites for hydroxylation is 1. The molecule has 1 unspecified atom stereocenters. The third kappa shape index (κ3) is 4.40. The number of benzene rings is 1. The largest absolute Gasteiger partial charge is 0.352 e. The van der Waals surface area contributed by atoms with Gasteiger partial charge in [0.15, 0.2) is 0 Å². The average Bonchev–Trinajstić information content (AvgIpc) is 2.27. The minimum Gasteiger partial charge on any atom is -0.352 e. The molecule has 0 saturated carbocycles. The summed E-state index contributed by atoms with van der Waals surface area (Å²) in [6.45, 7) is 4.70. The van der Waals surface area contributed by atoms with E-state index in [1.54, 1.807) is 13.0 Å². The molecule has 0 heterocycles. The van der Waals surface area contributed by atoms with Gasteiger partial charge in [-0.1, -0.05) is 12.1 Å². The van der Waals surface area contributed by atoms with Gasteiger partial charge in [0.2, 0.25) is 0 Å². The first kappa shape index (κ1) is 13.4. The van der Waals surface area contributed by atoms with Crippen molar-refractivity contribution < 1.29 is 9.18 Å². The molecule has 1 rings (SSSR count). The van der Waals surface area contributed by atoms with Crippen molar-refractivity contribution in [3.05, 3.63) is 35.1 Å². The molecule has 5 heteroatoms. The summed E-state index contributed by atoms with van der Waals surface area (Å²) in [5.74, 6) is -0.202. The third-order valence-corrected chi connectivity index (χ3v) is 2.57. The van der Waals surface area contributed by atoms with Gasteiger partial charge in [-0.3, -0.25) is 0 Å². The average molecular weight is 239 g/mol. The molecule has 0 aliphatic heterocycles. The van der Waals surface area contributed by atoms with Crippen LogP contribution in [0.15, 0.2) is 18.2 Å². The molecule has 17 heavy (non-hydrogen) atoms. The highest BCUT2D eigenvalue weighted by Gasteiger charge is 2.06. The lowest BCUT2D eigenvalue weighted by Gasteiger charge is -2.14. The van der Waals surface area contributed by atoms with Gasteiger partial charge in [-0.15, -0.1) is 0 Å². The number of amides is 2. The maximum Gasteiger partial charge on any atom is 0.312 e. The number of halogens is 1. The molecule has 0 aliphatic carbocycles. The van der Waals surface area contributed by atoms with Crippen molar-refractivity contribution in [2.75, 3.05) is 13.1 Å². The second kappa shape index (κ2) is 6.20. The standard InChI is InChI=1S/C12H18FN3O/c1-8-3-4-10(7-11(8)13)9(2)15-5-6-16-12(14)17/h3-4,7,9,15H,5-6H2,1-2H3,(H3,14,16,17). The Labute approximate surface area is 100 Å². The van der Waals surface area contributed by atoms with Crippen LogP contribution >= 0.6 is 0 Å². The van der Waals surface area contributed by atoms with Crippen molar-refractivity contribution in [1.82, 2.24) is 10.6 Å². The summed E-state index contributed by atoms with van der Waals surface area (Å²) >= 11 is 0. The Morgan fingerprint density at radius 2 is 2.18 bits per heavy atom. The molecule has 0 fully saturated rings. The quantitative estimate of drug-likeness (QED) is 0.681. The van der Waals surface area contributed by atoms with Crippen LogP contribution in [-0.4, -0.2) is 19.1 Å². The molecular formula is C12H18FN3O. The molecule has 0 bridgehead atoms. The molecule has 1 atom stereocenters. The summed E-state index contributed by atoms with van der Waals surface area (Å²) in [4.78, 5) is 10.4. The van der Waals surface area contributed by atoms with E-state index < -0.39 is 6.03 Å². The van der Waals surface area contributed by atoms with Gasteiger partial charge in [0, 0.05) is 19.1 Å². The molecule has 0 radical (unpaired) electrons. The monoisotopic (exact) mass is 239 g/mol. The topological polar surface area (TPSA) is 67.2 Å². The van der Waals surface area contributed by atoms with E-state index in [0.717, 1.165) is 5.56 Å². The second-order valence-corrected chi connectivity index (χ2v) is 3.98. The lowest BCUT2D eigenvalue weighted by molar-refractivity contribution is 0.249. The van der Waals surface area contributed by atoms with E-state index in [4.69, 9.17) is 5.73 Å². The normalized spacial score (nSPS) is 12.2. The predicted molar refractivity (Wildman–Crippen MR) is 65.1 cm³/mol. The van der Waals surface area contributed by atoms with E-state index >= 15 is 0 Å². The number of nitrogens with two attached hydrogens (primary N) is 1. The summed E-state index contributed by atoms with van der Waals surface area (Å²) in [5, 5.41) is 5.64. The van der Waals surface area contributed by atoms with E-state index in [2.05, 4.69) is 10.6 Å². The molecule has 4 N–H and O–H groups in total. The first-order chi connectivity index (χ1) is 8.00. The van der Waals surface area contributed by atoms with Crippen molar-refractivity contribution in [2.45, 2.75) is 19.9 Å². The van der Waals surface area contributed by atoms with Crippen LogP contribution < -0.4 is 16.4 Å². The van der Waals surface area contributed by atoms with Crippen molar-refractivity contribution in [3.63, 3.8) is 0 Å². The van der Waals surface area contributed by atoms with Crippen molar-refractivity contribution in [1.29, 1.82) is 0 Å². The van der Waals surface area contributed by atoms with Crippen LogP contribution in [0.25, 0.3) is 0 Å². The van der Waals surface area contributed by atoms with Crippen molar-refractivity contribution in [3.8, 4) is 0 Å². The summed E-state index contributed by atoms with van der Waals surface area (Å²) < 4.78 is 13.3. The Hall–Kier alpha value is -1.62. The fourth-order valence-electron chi connectivity index (χ4n) is 1.47. The van der Waals surface area contributed by atoms with Crippen molar-refractivity contribution >= 4 is 6.03 Å². The molecule has 2 amide bonds. The molecule has 0 aromatic heterocycles. The van der Waals surface area contributed by atoms with Crippen LogP contribution in [0.4, 0.5) is 9.18 Å². The molecule has 94 valence electrons. The van der Waals surface area contributed by atoms with Crippen molar-refractivity contribution in [2.24, 2.45) is 5.73 Å². The zero-order chi connectivity index (χ0) is 12.8. The van der Waals surface area contributed by atoms with Gasteiger partial charge < -0.3 is 16.4 Å². The van der Waals surface area contributed by atoms with Crippen LogP contribution in [0.5, 0.6) is 0 Å². The van der Waals surface area contributed by atoms with E-state index in [1.165, 1.54) is 6.07 Å². The number of carbonyl (C=O) groups is 1. The molecule has 4 nitrogen and oxygen atoms in total. The Balaban J connectivity index is 2.44. The molecule has 0 saturated heterocycles. The summed E-state index contributed by atoms with van der Waals surface area (Å²) in [5.41, 5.74) is 6.45. The second-order valence-electron chi connectivity index (χ2n) is 3.98. The third-order valence-electron chi connectivity index (χ3n) is 2.57. The van der Waals surface area contributed by atoms with Gasteiger partial charge >= 0.3 is 6.03 Å².